The van der Waals surface area contributed by atoms with Crippen LogP contribution in [0.15, 0.2) is 0 Å². The third-order valence-electron chi connectivity index (χ3n) is 3.14. The molecular weight excluding hydrogens is 192 g/mol. The topological polar surface area (TPSA) is 32.8 Å². The van der Waals surface area contributed by atoms with Gasteiger partial charge in [-0.15, -0.1) is 0 Å². The van der Waals surface area contributed by atoms with Crippen LogP contribution in [0.1, 0.15) is 20.3 Å². The zero-order valence-corrected chi connectivity index (χ0v) is 10.2. The molecule has 0 radical (unpaired) electrons. The highest BCUT2D eigenvalue weighted by Crippen LogP contribution is 2.15. The van der Waals surface area contributed by atoms with Crippen LogP contribution in [0, 0.1) is 0 Å². The Kier molecular flexibility index (Phi) is 4.54. The van der Waals surface area contributed by atoms with Gasteiger partial charge < -0.3 is 9.64 Å². The molecule has 0 aromatic rings. The van der Waals surface area contributed by atoms with Crippen LogP contribution in [0.25, 0.3) is 0 Å². The second-order valence-electron chi connectivity index (χ2n) is 4.30. The highest BCUT2D eigenvalue weighted by Gasteiger charge is 2.31. The summed E-state index contributed by atoms with van der Waals surface area (Å²) in [6, 6.07) is 0.353. The molecule has 1 saturated heterocycles. The molecule has 1 unspecified atom stereocenters. The minimum absolute atomic E-state index is 0.0706. The molecule has 4 nitrogen and oxygen atoms in total. The standard InChI is InChI=1S/C11H22N2O2/c1-5-10(11(14)15-4)13-7-6-12(3)8-9(13)2/h9-10H,5-8H2,1-4H3/t9-,10?/m0/s1. The first-order valence-electron chi connectivity index (χ1n) is 5.62. The molecule has 2 atom stereocenters. The van der Waals surface area contributed by atoms with Gasteiger partial charge in [0.15, 0.2) is 0 Å². The first-order chi connectivity index (χ1) is 7.10. The number of hydrogen-bond acceptors (Lipinski definition) is 4. The summed E-state index contributed by atoms with van der Waals surface area (Å²) in [6.45, 7) is 7.20. The lowest BCUT2D eigenvalue weighted by Gasteiger charge is -2.41. The van der Waals surface area contributed by atoms with Crippen LogP contribution in [-0.4, -0.2) is 61.6 Å². The van der Waals surface area contributed by atoms with Gasteiger partial charge in [0, 0.05) is 25.7 Å². The number of likely N-dealkylation sites (N-methyl/N-ethyl adjacent to an activating group) is 1. The molecule has 0 spiro atoms. The van der Waals surface area contributed by atoms with Gasteiger partial charge in [-0.2, -0.15) is 0 Å². The van der Waals surface area contributed by atoms with E-state index in [1.165, 1.54) is 7.11 Å². The van der Waals surface area contributed by atoms with E-state index in [1.54, 1.807) is 0 Å². The number of piperazine rings is 1. The summed E-state index contributed by atoms with van der Waals surface area (Å²) in [6.07, 6.45) is 0.820. The number of hydrogen-bond donors (Lipinski definition) is 0. The molecule has 0 aliphatic carbocycles. The van der Waals surface area contributed by atoms with Crippen LogP contribution in [0.5, 0.6) is 0 Å². The zero-order chi connectivity index (χ0) is 11.4. The van der Waals surface area contributed by atoms with Crippen LogP contribution in [0.4, 0.5) is 0 Å². The molecular formula is C11H22N2O2. The predicted molar refractivity (Wildman–Crippen MR) is 59.8 cm³/mol. The van der Waals surface area contributed by atoms with Gasteiger partial charge in [-0.25, -0.2) is 0 Å². The fourth-order valence-electron chi connectivity index (χ4n) is 2.29. The maximum absolute atomic E-state index is 11.6. The number of ether oxygens (including phenoxy) is 1. The second-order valence-corrected chi connectivity index (χ2v) is 4.30. The minimum atomic E-state index is -0.103. The van der Waals surface area contributed by atoms with Crippen molar-refractivity contribution in [2.75, 3.05) is 33.8 Å². The quantitative estimate of drug-likeness (QED) is 0.643. The van der Waals surface area contributed by atoms with Gasteiger partial charge in [0.1, 0.15) is 6.04 Å². The maximum Gasteiger partial charge on any atom is 0.323 e. The Bertz CT molecular complexity index is 221. The monoisotopic (exact) mass is 214 g/mol. The van der Waals surface area contributed by atoms with Crippen LogP contribution in [-0.2, 0) is 9.53 Å². The summed E-state index contributed by atoms with van der Waals surface area (Å²) in [7, 11) is 3.58. The number of rotatable bonds is 3. The van der Waals surface area contributed by atoms with E-state index in [-0.39, 0.29) is 12.0 Å². The number of carbonyl (C=O) groups is 1. The second kappa shape index (κ2) is 5.47. The Morgan fingerprint density at radius 3 is 2.67 bits per heavy atom. The number of carbonyl (C=O) groups excluding carboxylic acids is 1. The predicted octanol–water partition coefficient (Wildman–Crippen LogP) is 0.574. The Morgan fingerprint density at radius 2 is 2.20 bits per heavy atom. The number of esters is 1. The van der Waals surface area contributed by atoms with Gasteiger partial charge in [-0.3, -0.25) is 9.69 Å². The van der Waals surface area contributed by atoms with Crippen molar-refractivity contribution in [2.45, 2.75) is 32.4 Å². The zero-order valence-electron chi connectivity index (χ0n) is 10.2. The Labute approximate surface area is 92.2 Å². The van der Waals surface area contributed by atoms with Gasteiger partial charge in [-0.1, -0.05) is 6.92 Å². The summed E-state index contributed by atoms with van der Waals surface area (Å²) in [5.74, 6) is -0.103. The molecule has 0 saturated carbocycles. The lowest BCUT2D eigenvalue weighted by atomic mass is 10.1. The summed E-state index contributed by atoms with van der Waals surface area (Å²) in [5, 5.41) is 0. The average molecular weight is 214 g/mol. The fourth-order valence-corrected chi connectivity index (χ4v) is 2.29. The van der Waals surface area contributed by atoms with Crippen molar-refractivity contribution in [3.63, 3.8) is 0 Å². The normalized spacial score (nSPS) is 26.3. The van der Waals surface area contributed by atoms with E-state index in [1.807, 2.05) is 6.92 Å². The van der Waals surface area contributed by atoms with Crippen LogP contribution in [0.2, 0.25) is 0 Å². The lowest BCUT2D eigenvalue weighted by Crippen LogP contribution is -2.56. The molecule has 1 heterocycles. The van der Waals surface area contributed by atoms with Crippen molar-refractivity contribution in [2.24, 2.45) is 0 Å². The molecule has 0 N–H and O–H groups in total. The molecule has 0 aromatic heterocycles. The SMILES string of the molecule is CCC(C(=O)OC)N1CCN(C)C[C@@H]1C. The summed E-state index contributed by atoms with van der Waals surface area (Å²) in [5.41, 5.74) is 0. The fraction of sp³-hybridized carbons (Fsp3) is 0.909. The van der Waals surface area contributed by atoms with Gasteiger partial charge in [0.2, 0.25) is 0 Å². The Balaban J connectivity index is 2.63. The first kappa shape index (κ1) is 12.5. The minimum Gasteiger partial charge on any atom is -0.468 e. The molecule has 15 heavy (non-hydrogen) atoms. The average Bonchev–Trinajstić information content (AvgIpc) is 2.21. The third-order valence-corrected chi connectivity index (χ3v) is 3.14. The smallest absolute Gasteiger partial charge is 0.323 e. The summed E-state index contributed by atoms with van der Waals surface area (Å²) >= 11 is 0. The van der Waals surface area contributed by atoms with Crippen molar-refractivity contribution in [3.05, 3.63) is 0 Å². The Morgan fingerprint density at radius 1 is 1.53 bits per heavy atom. The van der Waals surface area contributed by atoms with Crippen molar-refractivity contribution in [1.82, 2.24) is 9.80 Å². The lowest BCUT2D eigenvalue weighted by molar-refractivity contribution is -0.149. The molecule has 4 heteroatoms. The van der Waals surface area contributed by atoms with E-state index in [9.17, 15) is 4.79 Å². The molecule has 0 bridgehead atoms. The van der Waals surface area contributed by atoms with Crippen LogP contribution < -0.4 is 0 Å². The van der Waals surface area contributed by atoms with Gasteiger partial charge in [0.25, 0.3) is 0 Å². The molecule has 1 rings (SSSR count). The van der Waals surface area contributed by atoms with Gasteiger partial charge in [-0.05, 0) is 20.4 Å². The van der Waals surface area contributed by atoms with E-state index in [4.69, 9.17) is 4.74 Å². The summed E-state index contributed by atoms with van der Waals surface area (Å²) < 4.78 is 4.84. The van der Waals surface area contributed by atoms with E-state index in [0.29, 0.717) is 6.04 Å². The number of methoxy groups -OCH3 is 1. The highest BCUT2D eigenvalue weighted by molar-refractivity contribution is 5.75. The van der Waals surface area contributed by atoms with Crippen molar-refractivity contribution >= 4 is 5.97 Å². The van der Waals surface area contributed by atoms with Crippen molar-refractivity contribution in [1.29, 1.82) is 0 Å². The van der Waals surface area contributed by atoms with Crippen molar-refractivity contribution in [3.8, 4) is 0 Å². The van der Waals surface area contributed by atoms with Crippen LogP contribution >= 0.6 is 0 Å². The van der Waals surface area contributed by atoms with E-state index in [2.05, 4.69) is 23.8 Å². The molecule has 1 aliphatic rings. The maximum atomic E-state index is 11.6. The Hall–Kier alpha value is -0.610. The summed E-state index contributed by atoms with van der Waals surface area (Å²) in [4.78, 5) is 16.1. The first-order valence-corrected chi connectivity index (χ1v) is 5.62. The molecule has 88 valence electrons. The van der Waals surface area contributed by atoms with Gasteiger partial charge >= 0.3 is 5.97 Å². The molecule has 0 aromatic carbocycles. The van der Waals surface area contributed by atoms with E-state index < -0.39 is 0 Å². The third kappa shape index (κ3) is 2.92. The van der Waals surface area contributed by atoms with E-state index >= 15 is 0 Å². The largest absolute Gasteiger partial charge is 0.468 e. The van der Waals surface area contributed by atoms with Crippen LogP contribution in [0.3, 0.4) is 0 Å². The highest BCUT2D eigenvalue weighted by atomic mass is 16.5. The van der Waals surface area contributed by atoms with E-state index in [0.717, 1.165) is 26.1 Å². The number of nitrogens with zero attached hydrogens (tertiary/aromatic N) is 2. The molecule has 0 amide bonds. The molecule has 1 fully saturated rings. The van der Waals surface area contributed by atoms with Gasteiger partial charge in [0.05, 0.1) is 7.11 Å². The van der Waals surface area contributed by atoms with Crippen molar-refractivity contribution < 1.29 is 9.53 Å². The molecule has 1 aliphatic heterocycles.